The Bertz CT molecular complexity index is 805. The molecule has 4 rings (SSSR count). The molecule has 0 saturated carbocycles. The van der Waals surface area contributed by atoms with E-state index in [4.69, 9.17) is 4.74 Å². The molecule has 2 saturated heterocycles. The van der Waals surface area contributed by atoms with Gasteiger partial charge in [0.1, 0.15) is 17.9 Å². The molecular weight excluding hydrogens is 318 g/mol. The molecule has 0 aliphatic carbocycles. The van der Waals surface area contributed by atoms with Crippen LogP contribution in [0.5, 0.6) is 5.75 Å². The number of amides is 2. The van der Waals surface area contributed by atoms with E-state index in [1.807, 2.05) is 30.3 Å². The minimum absolute atomic E-state index is 0.0208. The molecule has 25 heavy (non-hydrogen) atoms. The van der Waals surface area contributed by atoms with Gasteiger partial charge >= 0.3 is 0 Å². The Labute approximate surface area is 146 Å². The van der Waals surface area contributed by atoms with Gasteiger partial charge in [-0.1, -0.05) is 6.07 Å². The number of benzene rings is 1. The van der Waals surface area contributed by atoms with Crippen LogP contribution in [0.2, 0.25) is 0 Å². The van der Waals surface area contributed by atoms with Crippen molar-refractivity contribution in [1.82, 2.24) is 14.8 Å². The number of piperidine rings is 1. The van der Waals surface area contributed by atoms with Crippen LogP contribution in [0.15, 0.2) is 30.5 Å². The van der Waals surface area contributed by atoms with Crippen LogP contribution < -0.4 is 10.1 Å². The normalized spacial score (nSPS) is 21.6. The van der Waals surface area contributed by atoms with Crippen molar-refractivity contribution in [2.45, 2.75) is 37.8 Å². The molecule has 6 heteroatoms. The first kappa shape index (κ1) is 16.0. The van der Waals surface area contributed by atoms with E-state index in [0.717, 1.165) is 29.5 Å². The molecule has 1 aromatic heterocycles. The minimum atomic E-state index is -0.331. The van der Waals surface area contributed by atoms with Gasteiger partial charge in [0.2, 0.25) is 11.8 Å². The van der Waals surface area contributed by atoms with Gasteiger partial charge in [0, 0.05) is 51.0 Å². The fraction of sp³-hybridized carbons (Fsp3) is 0.474. The van der Waals surface area contributed by atoms with Crippen LogP contribution in [0.4, 0.5) is 0 Å². The van der Waals surface area contributed by atoms with Crippen molar-refractivity contribution in [2.24, 2.45) is 7.05 Å². The molecule has 0 radical (unpaired) electrons. The summed E-state index contributed by atoms with van der Waals surface area (Å²) in [6, 6.07) is 7.85. The van der Waals surface area contributed by atoms with Crippen LogP contribution >= 0.6 is 0 Å². The second-order valence-corrected chi connectivity index (χ2v) is 6.92. The fourth-order valence-electron chi connectivity index (χ4n) is 3.77. The van der Waals surface area contributed by atoms with Crippen molar-refractivity contribution >= 4 is 22.7 Å². The number of hydrogen-bond acceptors (Lipinski definition) is 3. The second-order valence-electron chi connectivity index (χ2n) is 6.92. The van der Waals surface area contributed by atoms with E-state index >= 15 is 0 Å². The van der Waals surface area contributed by atoms with E-state index in [0.29, 0.717) is 25.9 Å². The predicted octanol–water partition coefficient (Wildman–Crippen LogP) is 1.83. The number of fused-ring (bicyclic) bond motifs is 1. The van der Waals surface area contributed by atoms with E-state index in [-0.39, 0.29) is 24.0 Å². The molecular formula is C19H23N3O3. The fourth-order valence-corrected chi connectivity index (χ4v) is 3.77. The number of carbonyl (C=O) groups is 2. The number of carbonyl (C=O) groups excluding carboxylic acids is 2. The molecule has 2 aromatic rings. The van der Waals surface area contributed by atoms with Gasteiger partial charge in [0.05, 0.1) is 5.52 Å². The third-order valence-corrected chi connectivity index (χ3v) is 5.23. The number of nitrogens with one attached hydrogen (secondary N) is 1. The zero-order chi connectivity index (χ0) is 17.4. The smallest absolute Gasteiger partial charge is 0.245 e. The van der Waals surface area contributed by atoms with Crippen molar-refractivity contribution in [3.05, 3.63) is 30.5 Å². The highest BCUT2D eigenvalue weighted by atomic mass is 16.5. The lowest BCUT2D eigenvalue weighted by Gasteiger charge is -2.33. The third kappa shape index (κ3) is 3.08. The molecule has 2 aliphatic heterocycles. The van der Waals surface area contributed by atoms with Crippen LogP contribution in [0.25, 0.3) is 10.9 Å². The summed E-state index contributed by atoms with van der Waals surface area (Å²) in [5.74, 6) is 0.938. The summed E-state index contributed by atoms with van der Waals surface area (Å²) in [6.07, 6.45) is 4.86. The standard InChI is InChI=1S/C19H23N3O3/c1-21-10-9-14-16(21)3-2-4-17(14)25-13-7-11-22(12-8-13)19(24)15-5-6-18(23)20-15/h2-4,9-10,13,15H,5-8,11-12H2,1H3,(H,20,23). The minimum Gasteiger partial charge on any atom is -0.490 e. The Morgan fingerprint density at radius 3 is 2.72 bits per heavy atom. The first-order chi connectivity index (χ1) is 12.1. The van der Waals surface area contributed by atoms with Crippen LogP contribution in [0.3, 0.4) is 0 Å². The van der Waals surface area contributed by atoms with Gasteiger partial charge in [-0.3, -0.25) is 9.59 Å². The quantitative estimate of drug-likeness (QED) is 0.926. The molecule has 1 unspecified atom stereocenters. The summed E-state index contributed by atoms with van der Waals surface area (Å²) in [5.41, 5.74) is 1.15. The van der Waals surface area contributed by atoms with Gasteiger partial charge < -0.3 is 19.5 Å². The molecule has 1 N–H and O–H groups in total. The lowest BCUT2D eigenvalue weighted by Crippen LogP contribution is -2.49. The SMILES string of the molecule is Cn1ccc2c(OC3CCN(C(=O)C4CCC(=O)N4)CC3)cccc21. The van der Waals surface area contributed by atoms with Gasteiger partial charge in [-0.05, 0) is 24.6 Å². The Balaban J connectivity index is 1.37. The first-order valence-electron chi connectivity index (χ1n) is 8.90. The zero-order valence-electron chi connectivity index (χ0n) is 14.4. The summed E-state index contributed by atoms with van der Waals surface area (Å²) < 4.78 is 8.31. The largest absolute Gasteiger partial charge is 0.490 e. The van der Waals surface area contributed by atoms with Gasteiger partial charge in [-0.2, -0.15) is 0 Å². The highest BCUT2D eigenvalue weighted by Gasteiger charge is 2.33. The average molecular weight is 341 g/mol. The highest BCUT2D eigenvalue weighted by Crippen LogP contribution is 2.29. The van der Waals surface area contributed by atoms with Crippen LogP contribution in [-0.4, -0.2) is 46.5 Å². The van der Waals surface area contributed by atoms with Crippen LogP contribution in [-0.2, 0) is 16.6 Å². The Morgan fingerprint density at radius 1 is 1.20 bits per heavy atom. The molecule has 3 heterocycles. The summed E-state index contributed by atoms with van der Waals surface area (Å²) in [4.78, 5) is 25.6. The molecule has 6 nitrogen and oxygen atoms in total. The number of aromatic nitrogens is 1. The number of nitrogens with zero attached hydrogens (tertiary/aromatic N) is 2. The molecule has 2 aliphatic rings. The summed E-state index contributed by atoms with van der Waals surface area (Å²) in [7, 11) is 2.03. The van der Waals surface area contributed by atoms with Gasteiger partial charge in [-0.15, -0.1) is 0 Å². The lowest BCUT2D eigenvalue weighted by atomic mass is 10.1. The molecule has 2 amide bonds. The maximum Gasteiger partial charge on any atom is 0.245 e. The van der Waals surface area contributed by atoms with Crippen molar-refractivity contribution < 1.29 is 14.3 Å². The van der Waals surface area contributed by atoms with Crippen molar-refractivity contribution in [3.8, 4) is 5.75 Å². The third-order valence-electron chi connectivity index (χ3n) is 5.23. The van der Waals surface area contributed by atoms with Gasteiger partial charge in [0.15, 0.2) is 0 Å². The van der Waals surface area contributed by atoms with Crippen LogP contribution in [0, 0.1) is 0 Å². The van der Waals surface area contributed by atoms with E-state index in [1.54, 1.807) is 0 Å². The molecule has 1 atom stereocenters. The topological polar surface area (TPSA) is 63.6 Å². The first-order valence-corrected chi connectivity index (χ1v) is 8.90. The number of likely N-dealkylation sites (tertiary alicyclic amines) is 1. The molecule has 2 fully saturated rings. The Kier molecular flexibility index (Phi) is 4.11. The maximum absolute atomic E-state index is 12.5. The molecule has 1 aromatic carbocycles. The van der Waals surface area contributed by atoms with Crippen molar-refractivity contribution in [2.75, 3.05) is 13.1 Å². The maximum atomic E-state index is 12.5. The van der Waals surface area contributed by atoms with E-state index in [9.17, 15) is 9.59 Å². The van der Waals surface area contributed by atoms with E-state index < -0.39 is 0 Å². The summed E-state index contributed by atoms with van der Waals surface area (Å²) in [5, 5.41) is 3.88. The van der Waals surface area contributed by atoms with Gasteiger partial charge in [-0.25, -0.2) is 0 Å². The predicted molar refractivity (Wildman–Crippen MR) is 94.3 cm³/mol. The Morgan fingerprint density at radius 2 is 2.00 bits per heavy atom. The average Bonchev–Trinajstić information content (AvgIpc) is 3.22. The number of rotatable bonds is 3. The van der Waals surface area contributed by atoms with Crippen molar-refractivity contribution in [3.63, 3.8) is 0 Å². The number of hydrogen-bond donors (Lipinski definition) is 1. The van der Waals surface area contributed by atoms with Crippen LogP contribution in [0.1, 0.15) is 25.7 Å². The summed E-state index contributed by atoms with van der Waals surface area (Å²) >= 11 is 0. The monoisotopic (exact) mass is 341 g/mol. The van der Waals surface area contributed by atoms with E-state index in [1.165, 1.54) is 0 Å². The summed E-state index contributed by atoms with van der Waals surface area (Å²) in [6.45, 7) is 1.36. The molecule has 0 bridgehead atoms. The Hall–Kier alpha value is -2.50. The number of aryl methyl sites for hydroxylation is 1. The number of ether oxygens (including phenoxy) is 1. The van der Waals surface area contributed by atoms with Crippen molar-refractivity contribution in [1.29, 1.82) is 0 Å². The van der Waals surface area contributed by atoms with Gasteiger partial charge in [0.25, 0.3) is 0 Å². The molecule has 0 spiro atoms. The second kappa shape index (κ2) is 6.43. The molecule has 132 valence electrons. The van der Waals surface area contributed by atoms with E-state index in [2.05, 4.69) is 22.0 Å². The highest BCUT2D eigenvalue weighted by molar-refractivity contribution is 5.91. The lowest BCUT2D eigenvalue weighted by molar-refractivity contribution is -0.136. The zero-order valence-corrected chi connectivity index (χ0v) is 14.4.